The summed E-state index contributed by atoms with van der Waals surface area (Å²) in [5, 5.41) is 11.5. The Labute approximate surface area is 145 Å². The fourth-order valence-electron chi connectivity index (χ4n) is 2.96. The largest absolute Gasteiger partial charge is 0.355 e. The van der Waals surface area contributed by atoms with Crippen molar-refractivity contribution in [1.82, 2.24) is 9.88 Å². The molecule has 2 aromatic carbocycles. The Morgan fingerprint density at radius 3 is 2.79 bits per heavy atom. The van der Waals surface area contributed by atoms with Gasteiger partial charge < -0.3 is 9.88 Å². The lowest BCUT2D eigenvalue weighted by atomic mass is 9.98. The highest BCUT2D eigenvalue weighted by atomic mass is 35.5. The van der Waals surface area contributed by atoms with Crippen LogP contribution < -0.4 is 0 Å². The van der Waals surface area contributed by atoms with Gasteiger partial charge in [0.2, 0.25) is 5.91 Å². The number of nitrogens with one attached hydrogen (secondary N) is 1. The van der Waals surface area contributed by atoms with Gasteiger partial charge in [-0.25, -0.2) is 0 Å². The van der Waals surface area contributed by atoms with E-state index in [2.05, 4.69) is 11.1 Å². The molecule has 1 aromatic heterocycles. The number of hydrogen-bond donors (Lipinski definition) is 1. The highest BCUT2D eigenvalue weighted by Gasteiger charge is 2.19. The number of nitrogens with zero attached hydrogens (tertiary/aromatic N) is 2. The molecular formula is C19H18ClN3O. The van der Waals surface area contributed by atoms with Crippen molar-refractivity contribution in [2.24, 2.45) is 0 Å². The highest BCUT2D eigenvalue weighted by molar-refractivity contribution is 6.31. The maximum Gasteiger partial charge on any atom is 0.229 e. The van der Waals surface area contributed by atoms with Crippen LogP contribution in [-0.4, -0.2) is 29.4 Å². The quantitative estimate of drug-likeness (QED) is 0.763. The highest BCUT2D eigenvalue weighted by Crippen LogP contribution is 2.30. The Morgan fingerprint density at radius 1 is 1.25 bits per heavy atom. The molecule has 3 rings (SSSR count). The van der Waals surface area contributed by atoms with Crippen LogP contribution in [0.2, 0.25) is 5.02 Å². The van der Waals surface area contributed by atoms with Gasteiger partial charge in [0.05, 0.1) is 18.4 Å². The number of aromatic amines is 1. The third-order valence-electron chi connectivity index (χ3n) is 4.39. The van der Waals surface area contributed by atoms with Gasteiger partial charge in [0.15, 0.2) is 0 Å². The van der Waals surface area contributed by atoms with Crippen LogP contribution in [0.4, 0.5) is 0 Å². The molecule has 1 N–H and O–H groups in total. The minimum atomic E-state index is -0.256. The van der Waals surface area contributed by atoms with E-state index in [4.69, 9.17) is 16.9 Å². The van der Waals surface area contributed by atoms with Crippen LogP contribution in [0.3, 0.4) is 0 Å². The number of rotatable bonds is 4. The molecule has 0 unspecified atom stereocenters. The zero-order valence-electron chi connectivity index (χ0n) is 13.6. The summed E-state index contributed by atoms with van der Waals surface area (Å²) in [7, 11) is 1.74. The molecule has 24 heavy (non-hydrogen) atoms. The van der Waals surface area contributed by atoms with E-state index in [1.807, 2.05) is 43.3 Å². The summed E-state index contributed by atoms with van der Waals surface area (Å²) in [5.41, 5.74) is 2.97. The van der Waals surface area contributed by atoms with Crippen LogP contribution >= 0.6 is 11.6 Å². The van der Waals surface area contributed by atoms with Gasteiger partial charge in [-0.2, -0.15) is 5.26 Å². The maximum absolute atomic E-state index is 12.5. The first-order chi connectivity index (χ1) is 11.5. The van der Waals surface area contributed by atoms with Crippen molar-refractivity contribution in [3.05, 3.63) is 47.0 Å². The van der Waals surface area contributed by atoms with E-state index in [1.165, 1.54) is 0 Å². The Kier molecular flexibility index (Phi) is 4.46. The van der Waals surface area contributed by atoms with Crippen LogP contribution in [0.5, 0.6) is 0 Å². The number of fused-ring (bicyclic) bond motifs is 3. The predicted octanol–water partition coefficient (Wildman–Crippen LogP) is 4.45. The van der Waals surface area contributed by atoms with Crippen LogP contribution in [0.25, 0.3) is 21.8 Å². The molecule has 4 nitrogen and oxygen atoms in total. The monoisotopic (exact) mass is 339 g/mol. The van der Waals surface area contributed by atoms with Crippen molar-refractivity contribution in [3.8, 4) is 6.07 Å². The van der Waals surface area contributed by atoms with Crippen molar-refractivity contribution >= 4 is 39.3 Å². The van der Waals surface area contributed by atoms with Crippen LogP contribution in [-0.2, 0) is 4.79 Å². The van der Waals surface area contributed by atoms with E-state index in [0.717, 1.165) is 27.4 Å². The molecular weight excluding hydrogens is 322 g/mol. The van der Waals surface area contributed by atoms with Crippen molar-refractivity contribution < 1.29 is 4.79 Å². The van der Waals surface area contributed by atoms with Crippen molar-refractivity contribution in [2.75, 3.05) is 13.6 Å². The third kappa shape index (κ3) is 2.95. The summed E-state index contributed by atoms with van der Waals surface area (Å²) in [6.45, 7) is 2.35. The number of H-pyrrole nitrogens is 1. The SMILES string of the molecule is C[C@H](C(=O)N(C)CCC#N)c1ccc2c(c1)[nH]c1ccc(Cl)cc12. The summed E-state index contributed by atoms with van der Waals surface area (Å²) in [6.07, 6.45) is 0.344. The molecule has 0 spiro atoms. The molecule has 0 aliphatic carbocycles. The number of benzene rings is 2. The number of halogens is 1. The van der Waals surface area contributed by atoms with Gasteiger partial charge in [0.25, 0.3) is 0 Å². The molecule has 1 amide bonds. The number of hydrogen-bond acceptors (Lipinski definition) is 2. The second-order valence-corrected chi connectivity index (χ2v) is 6.45. The number of likely N-dealkylation sites (N-methyl/N-ethyl adjacent to an activating group) is 1. The lowest BCUT2D eigenvalue weighted by Crippen LogP contribution is -2.31. The lowest BCUT2D eigenvalue weighted by Gasteiger charge is -2.20. The molecule has 0 bridgehead atoms. The molecule has 0 aliphatic heterocycles. The maximum atomic E-state index is 12.5. The van der Waals surface area contributed by atoms with E-state index in [-0.39, 0.29) is 11.8 Å². The Balaban J connectivity index is 1.94. The van der Waals surface area contributed by atoms with Crippen LogP contribution in [0.1, 0.15) is 24.8 Å². The van der Waals surface area contributed by atoms with Crippen molar-refractivity contribution in [2.45, 2.75) is 19.3 Å². The van der Waals surface area contributed by atoms with Gasteiger partial charge in [-0.1, -0.05) is 23.7 Å². The molecule has 1 heterocycles. The molecule has 0 saturated heterocycles. The van der Waals surface area contributed by atoms with E-state index in [9.17, 15) is 4.79 Å². The zero-order chi connectivity index (χ0) is 17.3. The third-order valence-corrected chi connectivity index (χ3v) is 4.63. The first-order valence-corrected chi connectivity index (χ1v) is 8.22. The summed E-state index contributed by atoms with van der Waals surface area (Å²) >= 11 is 6.09. The topological polar surface area (TPSA) is 59.9 Å². The van der Waals surface area contributed by atoms with Crippen molar-refractivity contribution in [3.63, 3.8) is 0 Å². The smallest absolute Gasteiger partial charge is 0.229 e. The number of carbonyl (C=O) groups excluding carboxylic acids is 1. The lowest BCUT2D eigenvalue weighted by molar-refractivity contribution is -0.131. The van der Waals surface area contributed by atoms with Gasteiger partial charge in [0.1, 0.15) is 0 Å². The van der Waals surface area contributed by atoms with E-state index < -0.39 is 0 Å². The summed E-state index contributed by atoms with van der Waals surface area (Å²) in [5.74, 6) is -0.239. The predicted molar refractivity (Wildman–Crippen MR) is 97.1 cm³/mol. The summed E-state index contributed by atoms with van der Waals surface area (Å²) in [6, 6.07) is 13.9. The average Bonchev–Trinajstić information content (AvgIpc) is 2.95. The minimum Gasteiger partial charge on any atom is -0.355 e. The summed E-state index contributed by atoms with van der Waals surface area (Å²) < 4.78 is 0. The first kappa shape index (κ1) is 16.4. The number of carbonyl (C=O) groups is 1. The van der Waals surface area contributed by atoms with Gasteiger partial charge in [-0.05, 0) is 36.8 Å². The number of aromatic nitrogens is 1. The van der Waals surface area contributed by atoms with E-state index in [0.29, 0.717) is 18.0 Å². The molecule has 0 aliphatic rings. The molecule has 0 radical (unpaired) electrons. The second kappa shape index (κ2) is 6.54. The first-order valence-electron chi connectivity index (χ1n) is 7.84. The van der Waals surface area contributed by atoms with Gasteiger partial charge in [-0.3, -0.25) is 4.79 Å². The molecule has 3 aromatic rings. The molecule has 1 atom stereocenters. The zero-order valence-corrected chi connectivity index (χ0v) is 14.4. The second-order valence-electron chi connectivity index (χ2n) is 6.01. The normalized spacial score (nSPS) is 12.2. The fraction of sp³-hybridized carbons (Fsp3) is 0.263. The Hall–Kier alpha value is -2.51. The van der Waals surface area contributed by atoms with Gasteiger partial charge in [0, 0.05) is 40.4 Å². The standard InChI is InChI=1S/C19H18ClN3O/c1-12(19(24)23(2)9-3-8-21)13-4-6-15-16-11-14(20)5-7-17(16)22-18(15)10-13/h4-7,10-12,22H,3,9H2,1-2H3/t12-/m0/s1. The number of nitriles is 1. The number of amides is 1. The Morgan fingerprint density at radius 2 is 2.04 bits per heavy atom. The van der Waals surface area contributed by atoms with Crippen molar-refractivity contribution in [1.29, 1.82) is 5.26 Å². The van der Waals surface area contributed by atoms with E-state index in [1.54, 1.807) is 11.9 Å². The van der Waals surface area contributed by atoms with Crippen LogP contribution in [0.15, 0.2) is 36.4 Å². The van der Waals surface area contributed by atoms with Gasteiger partial charge in [-0.15, -0.1) is 0 Å². The summed E-state index contributed by atoms with van der Waals surface area (Å²) in [4.78, 5) is 17.5. The van der Waals surface area contributed by atoms with E-state index >= 15 is 0 Å². The Bertz CT molecular complexity index is 954. The molecule has 0 fully saturated rings. The fourth-order valence-corrected chi connectivity index (χ4v) is 3.14. The molecule has 0 saturated carbocycles. The minimum absolute atomic E-state index is 0.0174. The van der Waals surface area contributed by atoms with Crippen LogP contribution in [0, 0.1) is 11.3 Å². The van der Waals surface area contributed by atoms with Gasteiger partial charge >= 0.3 is 0 Å². The molecule has 5 heteroatoms. The average molecular weight is 340 g/mol. The molecule has 122 valence electrons.